The number of hydrogen-bond acceptors (Lipinski definition) is 3. The zero-order valence-electron chi connectivity index (χ0n) is 13.6. The zero-order chi connectivity index (χ0) is 18.1. The molecule has 1 amide bonds. The molecule has 0 radical (unpaired) electrons. The number of carbonyl (C=O) groups excluding carboxylic acids is 2. The first-order valence-electron chi connectivity index (χ1n) is 7.47. The van der Waals surface area contributed by atoms with E-state index >= 15 is 0 Å². The Morgan fingerprint density at radius 2 is 2.04 bits per heavy atom. The number of alkyl halides is 3. The van der Waals surface area contributed by atoms with Crippen LogP contribution in [-0.4, -0.2) is 30.4 Å². The van der Waals surface area contributed by atoms with E-state index in [0.29, 0.717) is 12.2 Å². The monoisotopic (exact) mass is 341 g/mol. The molecule has 4 nitrogen and oxygen atoms in total. The molecule has 1 heterocycles. The van der Waals surface area contributed by atoms with Crippen LogP contribution < -0.4 is 0 Å². The summed E-state index contributed by atoms with van der Waals surface area (Å²) in [4.78, 5) is 25.9. The molecule has 0 fully saturated rings. The lowest BCUT2D eigenvalue weighted by atomic mass is 9.83. The van der Waals surface area contributed by atoms with Crippen molar-refractivity contribution in [3.8, 4) is 0 Å². The van der Waals surface area contributed by atoms with Gasteiger partial charge in [0.05, 0.1) is 18.2 Å². The average Bonchev–Trinajstić information content (AvgIpc) is 2.53. The standard InChI is InChI=1S/C17H18F3NO3/c1-4-21-10(2)15(16(23)24-3)13(9-14(21)22)11-6-5-7-12(8-11)17(18,19)20/h5-8,13H,4,9H2,1-3H3. The first kappa shape index (κ1) is 18.0. The van der Waals surface area contributed by atoms with Crippen LogP contribution in [0.15, 0.2) is 35.5 Å². The van der Waals surface area contributed by atoms with Crippen molar-refractivity contribution < 1.29 is 27.5 Å². The van der Waals surface area contributed by atoms with Gasteiger partial charge in [-0.3, -0.25) is 4.79 Å². The number of ether oxygens (including phenoxy) is 1. The lowest BCUT2D eigenvalue weighted by Crippen LogP contribution is -2.38. The van der Waals surface area contributed by atoms with Gasteiger partial charge in [0, 0.05) is 24.6 Å². The molecule has 0 bridgehead atoms. The van der Waals surface area contributed by atoms with Crippen LogP contribution in [0.25, 0.3) is 0 Å². The van der Waals surface area contributed by atoms with E-state index in [9.17, 15) is 22.8 Å². The Morgan fingerprint density at radius 3 is 2.58 bits per heavy atom. The first-order chi connectivity index (χ1) is 11.2. The molecule has 1 aliphatic rings. The second-order valence-electron chi connectivity index (χ2n) is 5.51. The van der Waals surface area contributed by atoms with Crippen molar-refractivity contribution in [3.63, 3.8) is 0 Å². The Bertz CT molecular complexity index is 695. The molecule has 1 aromatic carbocycles. The Kier molecular flexibility index (Phi) is 5.01. The number of rotatable bonds is 3. The van der Waals surface area contributed by atoms with Crippen molar-refractivity contribution in [1.82, 2.24) is 4.90 Å². The van der Waals surface area contributed by atoms with E-state index in [4.69, 9.17) is 4.74 Å². The third-order valence-corrected chi connectivity index (χ3v) is 4.16. The van der Waals surface area contributed by atoms with Crippen molar-refractivity contribution in [3.05, 3.63) is 46.7 Å². The van der Waals surface area contributed by atoms with E-state index in [1.807, 2.05) is 0 Å². The molecular weight excluding hydrogens is 323 g/mol. The quantitative estimate of drug-likeness (QED) is 0.791. The minimum Gasteiger partial charge on any atom is -0.466 e. The number of hydrogen-bond donors (Lipinski definition) is 0. The Hall–Kier alpha value is -2.31. The van der Waals surface area contributed by atoms with Crippen LogP contribution in [0, 0.1) is 0 Å². The molecular formula is C17H18F3NO3. The summed E-state index contributed by atoms with van der Waals surface area (Å²) in [6.07, 6.45) is -4.56. The van der Waals surface area contributed by atoms with Gasteiger partial charge in [-0.15, -0.1) is 0 Å². The Morgan fingerprint density at radius 1 is 1.38 bits per heavy atom. The highest BCUT2D eigenvalue weighted by molar-refractivity contribution is 5.95. The predicted molar refractivity (Wildman–Crippen MR) is 80.9 cm³/mol. The van der Waals surface area contributed by atoms with Gasteiger partial charge in [0.2, 0.25) is 5.91 Å². The van der Waals surface area contributed by atoms with Crippen LogP contribution in [0.4, 0.5) is 13.2 Å². The molecule has 7 heteroatoms. The van der Waals surface area contributed by atoms with E-state index in [0.717, 1.165) is 12.1 Å². The number of esters is 1. The summed E-state index contributed by atoms with van der Waals surface area (Å²) in [5.41, 5.74) is 0.0993. The van der Waals surface area contributed by atoms with Crippen LogP contribution in [0.2, 0.25) is 0 Å². The smallest absolute Gasteiger partial charge is 0.416 e. The normalized spacial score (nSPS) is 18.8. The van der Waals surface area contributed by atoms with Crippen LogP contribution in [0.5, 0.6) is 0 Å². The van der Waals surface area contributed by atoms with Crippen LogP contribution in [0.3, 0.4) is 0 Å². The number of allylic oxidation sites excluding steroid dienone is 1. The number of halogens is 3. The van der Waals surface area contributed by atoms with Gasteiger partial charge in [-0.05, 0) is 25.5 Å². The fourth-order valence-corrected chi connectivity index (χ4v) is 3.00. The van der Waals surface area contributed by atoms with Gasteiger partial charge in [0.25, 0.3) is 0 Å². The number of amides is 1. The number of nitrogens with zero attached hydrogens (tertiary/aromatic N) is 1. The largest absolute Gasteiger partial charge is 0.466 e. The van der Waals surface area contributed by atoms with Gasteiger partial charge in [-0.1, -0.05) is 18.2 Å². The molecule has 1 aliphatic heterocycles. The molecule has 0 aromatic heterocycles. The van der Waals surface area contributed by atoms with E-state index in [2.05, 4.69) is 0 Å². The molecule has 2 rings (SSSR count). The van der Waals surface area contributed by atoms with E-state index < -0.39 is 23.6 Å². The maximum Gasteiger partial charge on any atom is 0.416 e. The summed E-state index contributed by atoms with van der Waals surface area (Å²) in [5.74, 6) is -1.62. The van der Waals surface area contributed by atoms with Crippen molar-refractivity contribution >= 4 is 11.9 Å². The van der Waals surface area contributed by atoms with Crippen molar-refractivity contribution in [2.45, 2.75) is 32.4 Å². The fourth-order valence-electron chi connectivity index (χ4n) is 3.00. The van der Waals surface area contributed by atoms with E-state index in [1.54, 1.807) is 13.8 Å². The summed E-state index contributed by atoms with van der Waals surface area (Å²) in [6.45, 7) is 3.74. The highest BCUT2D eigenvalue weighted by Crippen LogP contribution is 2.39. The maximum absolute atomic E-state index is 12.9. The van der Waals surface area contributed by atoms with Crippen molar-refractivity contribution in [2.75, 3.05) is 13.7 Å². The number of benzene rings is 1. The Labute approximate surface area is 137 Å². The first-order valence-corrected chi connectivity index (χ1v) is 7.47. The number of methoxy groups -OCH3 is 1. The van der Waals surface area contributed by atoms with Crippen molar-refractivity contribution in [1.29, 1.82) is 0 Å². The zero-order valence-corrected chi connectivity index (χ0v) is 13.6. The van der Waals surface area contributed by atoms with Crippen LogP contribution in [0.1, 0.15) is 37.3 Å². The maximum atomic E-state index is 12.9. The molecule has 0 saturated carbocycles. The summed E-state index contributed by atoms with van der Waals surface area (Å²) in [7, 11) is 1.21. The van der Waals surface area contributed by atoms with Crippen molar-refractivity contribution in [2.24, 2.45) is 0 Å². The second kappa shape index (κ2) is 6.67. The molecule has 24 heavy (non-hydrogen) atoms. The summed E-state index contributed by atoms with van der Waals surface area (Å²) in [5, 5.41) is 0. The fraction of sp³-hybridized carbons (Fsp3) is 0.412. The third-order valence-electron chi connectivity index (χ3n) is 4.16. The highest BCUT2D eigenvalue weighted by atomic mass is 19.4. The van der Waals surface area contributed by atoms with Gasteiger partial charge in [-0.2, -0.15) is 13.2 Å². The molecule has 1 atom stereocenters. The van der Waals surface area contributed by atoms with Crippen LogP contribution in [-0.2, 0) is 20.5 Å². The topological polar surface area (TPSA) is 46.6 Å². The molecule has 0 saturated heterocycles. The molecule has 1 unspecified atom stereocenters. The summed E-state index contributed by atoms with van der Waals surface area (Å²) < 4.78 is 43.6. The van der Waals surface area contributed by atoms with Gasteiger partial charge < -0.3 is 9.64 Å². The third kappa shape index (κ3) is 3.29. The molecule has 130 valence electrons. The average molecular weight is 341 g/mol. The Balaban J connectivity index is 2.57. The minimum atomic E-state index is -4.49. The van der Waals surface area contributed by atoms with Gasteiger partial charge in [0.15, 0.2) is 0 Å². The van der Waals surface area contributed by atoms with Gasteiger partial charge >= 0.3 is 12.1 Å². The minimum absolute atomic E-state index is 0.0725. The summed E-state index contributed by atoms with van der Waals surface area (Å²) in [6, 6.07) is 4.71. The number of carbonyl (C=O) groups is 2. The SMILES string of the molecule is CCN1C(=O)CC(c2cccc(C(F)(F)F)c2)C(C(=O)OC)=C1C. The van der Waals surface area contributed by atoms with E-state index in [1.165, 1.54) is 24.1 Å². The van der Waals surface area contributed by atoms with Gasteiger partial charge in [-0.25, -0.2) is 4.79 Å². The van der Waals surface area contributed by atoms with Crippen LogP contribution >= 0.6 is 0 Å². The predicted octanol–water partition coefficient (Wildman–Crippen LogP) is 3.49. The van der Waals surface area contributed by atoms with Gasteiger partial charge in [0.1, 0.15) is 0 Å². The molecule has 0 spiro atoms. The highest BCUT2D eigenvalue weighted by Gasteiger charge is 2.37. The molecule has 1 aromatic rings. The summed E-state index contributed by atoms with van der Waals surface area (Å²) >= 11 is 0. The lowest BCUT2D eigenvalue weighted by Gasteiger charge is -2.33. The lowest BCUT2D eigenvalue weighted by molar-refractivity contribution is -0.138. The van der Waals surface area contributed by atoms with E-state index in [-0.39, 0.29) is 23.5 Å². The second-order valence-corrected chi connectivity index (χ2v) is 5.51. The molecule has 0 aliphatic carbocycles. The molecule has 0 N–H and O–H groups in total.